The average molecular weight is 521 g/mol. The monoisotopic (exact) mass is 520 g/mol. The molecule has 2 unspecified atom stereocenters. The molecule has 11 heteroatoms. The first-order valence-corrected chi connectivity index (χ1v) is 12.5. The van der Waals surface area contributed by atoms with Crippen LogP contribution in [0.25, 0.3) is 0 Å². The Balaban J connectivity index is 1.17. The van der Waals surface area contributed by atoms with Crippen molar-refractivity contribution < 1.29 is 28.2 Å². The Hall–Kier alpha value is -2.98. The van der Waals surface area contributed by atoms with Gasteiger partial charge in [0, 0.05) is 56.9 Å². The molecule has 0 aliphatic carbocycles. The number of anilines is 1. The number of pyridine rings is 1. The Morgan fingerprint density at radius 1 is 1.06 bits per heavy atom. The molecule has 1 aromatic heterocycles. The van der Waals surface area contributed by atoms with Crippen molar-refractivity contribution in [1.82, 2.24) is 14.8 Å². The maximum Gasteiger partial charge on any atom is 0.263 e. The van der Waals surface area contributed by atoms with Crippen molar-refractivity contribution in [3.8, 4) is 5.75 Å². The number of hydrogen-bond acceptors (Lipinski definition) is 6. The van der Waals surface area contributed by atoms with Gasteiger partial charge in [-0.25, -0.2) is 13.8 Å². The summed E-state index contributed by atoms with van der Waals surface area (Å²) in [6.45, 7) is 2.25. The summed E-state index contributed by atoms with van der Waals surface area (Å²) >= 11 is 5.79. The van der Waals surface area contributed by atoms with E-state index in [2.05, 4.69) is 4.98 Å². The van der Waals surface area contributed by atoms with E-state index in [4.69, 9.17) is 16.3 Å². The molecule has 3 saturated heterocycles. The summed E-state index contributed by atoms with van der Waals surface area (Å²) < 4.78 is 34.7. The molecule has 0 spiro atoms. The number of carbonyl (C=O) groups is 2. The molecule has 2 aromatic rings. The lowest BCUT2D eigenvalue weighted by atomic mass is 10.0. The number of nitrogens with zero attached hydrogens (tertiary/aromatic N) is 4. The van der Waals surface area contributed by atoms with Crippen LogP contribution in [0.3, 0.4) is 0 Å². The van der Waals surface area contributed by atoms with Crippen molar-refractivity contribution in [2.24, 2.45) is 0 Å². The lowest BCUT2D eigenvalue weighted by Crippen LogP contribution is -2.47. The summed E-state index contributed by atoms with van der Waals surface area (Å²) in [5.74, 6) is -1.55. The van der Waals surface area contributed by atoms with Crippen LogP contribution in [0, 0.1) is 11.6 Å². The smallest absolute Gasteiger partial charge is 0.263 e. The number of piperidine rings is 1. The van der Waals surface area contributed by atoms with Crippen molar-refractivity contribution in [2.45, 2.75) is 43.9 Å². The standard InChI is InChI=1S/C25H27ClF2N4O4/c26-16-12-20(28)23(29-13-16)30-7-3-17(4-8-30)32-10-6-22(25(32)35)36-21-2-1-15(11-19(21)27)24(34)31-9-5-18(33)14-31/h1-2,11-13,17-18,22,33H,3-10,14H2. The first-order chi connectivity index (χ1) is 17.3. The Labute approximate surface area is 212 Å². The number of amides is 2. The quantitative estimate of drug-likeness (QED) is 0.652. The van der Waals surface area contributed by atoms with Crippen LogP contribution in [0.2, 0.25) is 5.02 Å². The predicted octanol–water partition coefficient (Wildman–Crippen LogP) is 2.87. The summed E-state index contributed by atoms with van der Waals surface area (Å²) in [6, 6.07) is 5.18. The van der Waals surface area contributed by atoms with Gasteiger partial charge in [-0.15, -0.1) is 0 Å². The van der Waals surface area contributed by atoms with Crippen molar-refractivity contribution >= 4 is 29.2 Å². The number of aliphatic hydroxyl groups excluding tert-OH is 1. The summed E-state index contributed by atoms with van der Waals surface area (Å²) in [5.41, 5.74) is 0.173. The van der Waals surface area contributed by atoms with Gasteiger partial charge < -0.3 is 24.5 Å². The van der Waals surface area contributed by atoms with Crippen LogP contribution in [-0.4, -0.2) is 82.7 Å². The maximum atomic E-state index is 14.7. The van der Waals surface area contributed by atoms with Gasteiger partial charge in [0.15, 0.2) is 29.3 Å². The van der Waals surface area contributed by atoms with Gasteiger partial charge in [0.1, 0.15) is 0 Å². The molecule has 0 radical (unpaired) electrons. The summed E-state index contributed by atoms with van der Waals surface area (Å²) in [6.07, 6.45) is 2.29. The predicted molar refractivity (Wildman–Crippen MR) is 128 cm³/mol. The highest BCUT2D eigenvalue weighted by atomic mass is 35.5. The SMILES string of the molecule is O=C(c1ccc(OC2CCN(C3CCN(c4ncc(Cl)cc4F)CC3)C2=O)c(F)c1)N1CCC(O)C1. The maximum absolute atomic E-state index is 14.7. The highest BCUT2D eigenvalue weighted by molar-refractivity contribution is 6.30. The molecule has 1 N–H and O–H groups in total. The Morgan fingerprint density at radius 3 is 2.50 bits per heavy atom. The van der Waals surface area contributed by atoms with Gasteiger partial charge >= 0.3 is 0 Å². The zero-order chi connectivity index (χ0) is 25.4. The van der Waals surface area contributed by atoms with E-state index in [0.717, 1.165) is 6.07 Å². The van der Waals surface area contributed by atoms with Gasteiger partial charge in [0.05, 0.1) is 11.1 Å². The highest BCUT2D eigenvalue weighted by Gasteiger charge is 2.39. The van der Waals surface area contributed by atoms with E-state index < -0.39 is 23.8 Å². The molecule has 1 aromatic carbocycles. The second-order valence-electron chi connectivity index (χ2n) is 9.44. The number of carbonyl (C=O) groups excluding carboxylic acids is 2. The van der Waals surface area contributed by atoms with Crippen molar-refractivity contribution in [3.05, 3.63) is 52.7 Å². The van der Waals surface area contributed by atoms with Gasteiger partial charge in [-0.3, -0.25) is 9.59 Å². The van der Waals surface area contributed by atoms with E-state index in [9.17, 15) is 23.5 Å². The largest absolute Gasteiger partial charge is 0.477 e. The van der Waals surface area contributed by atoms with E-state index in [1.807, 2.05) is 4.90 Å². The molecule has 2 atom stereocenters. The topological polar surface area (TPSA) is 86.2 Å². The van der Waals surface area contributed by atoms with E-state index in [1.165, 1.54) is 29.3 Å². The molecule has 3 fully saturated rings. The average Bonchev–Trinajstić information content (AvgIpc) is 3.45. The number of aromatic nitrogens is 1. The molecule has 8 nitrogen and oxygen atoms in total. The number of halogens is 3. The molecular formula is C25H27ClF2N4O4. The van der Waals surface area contributed by atoms with E-state index in [1.54, 1.807) is 4.90 Å². The number of aliphatic hydroxyl groups is 1. The van der Waals surface area contributed by atoms with Crippen LogP contribution >= 0.6 is 11.6 Å². The van der Waals surface area contributed by atoms with Gasteiger partial charge in [-0.1, -0.05) is 11.6 Å². The molecule has 0 bridgehead atoms. The second kappa shape index (κ2) is 10.2. The number of hydrogen-bond donors (Lipinski definition) is 1. The minimum atomic E-state index is -0.803. The number of ether oxygens (including phenoxy) is 1. The first kappa shape index (κ1) is 24.7. The number of rotatable bonds is 5. The first-order valence-electron chi connectivity index (χ1n) is 12.1. The molecular weight excluding hydrogens is 494 g/mol. The molecule has 3 aliphatic heterocycles. The molecule has 192 valence electrons. The van der Waals surface area contributed by atoms with Crippen LogP contribution in [0.1, 0.15) is 36.0 Å². The summed E-state index contributed by atoms with van der Waals surface area (Å²) in [7, 11) is 0. The minimum absolute atomic E-state index is 0.0154. The molecule has 0 saturated carbocycles. The fourth-order valence-corrected chi connectivity index (χ4v) is 5.31. The molecule has 36 heavy (non-hydrogen) atoms. The zero-order valence-corrected chi connectivity index (χ0v) is 20.3. The molecule has 5 rings (SSSR count). The van der Waals surface area contributed by atoms with Gasteiger partial charge in [-0.2, -0.15) is 0 Å². The fraction of sp³-hybridized carbons (Fsp3) is 0.480. The van der Waals surface area contributed by atoms with Crippen LogP contribution in [0.4, 0.5) is 14.6 Å². The fourth-order valence-electron chi connectivity index (χ4n) is 5.17. The number of benzene rings is 1. The second-order valence-corrected chi connectivity index (χ2v) is 9.88. The van der Waals surface area contributed by atoms with Crippen LogP contribution in [0.5, 0.6) is 5.75 Å². The van der Waals surface area contributed by atoms with Crippen LogP contribution in [0.15, 0.2) is 30.5 Å². The van der Waals surface area contributed by atoms with Gasteiger partial charge in [-0.05, 0) is 43.5 Å². The third-order valence-corrected chi connectivity index (χ3v) is 7.29. The van der Waals surface area contributed by atoms with Crippen molar-refractivity contribution in [3.63, 3.8) is 0 Å². The van der Waals surface area contributed by atoms with E-state index >= 15 is 0 Å². The summed E-state index contributed by atoms with van der Waals surface area (Å²) in [5, 5.41) is 9.87. The van der Waals surface area contributed by atoms with Gasteiger partial charge in [0.2, 0.25) is 0 Å². The van der Waals surface area contributed by atoms with Crippen LogP contribution < -0.4 is 9.64 Å². The Morgan fingerprint density at radius 2 is 1.83 bits per heavy atom. The zero-order valence-electron chi connectivity index (χ0n) is 19.6. The minimum Gasteiger partial charge on any atom is -0.477 e. The third kappa shape index (κ3) is 4.97. The molecule has 2 amide bonds. The Bertz CT molecular complexity index is 1160. The number of β-amino-alcohol motifs (C(OH)–C–C–N with tert-alkyl or cyclic N) is 1. The molecule has 4 heterocycles. The summed E-state index contributed by atoms with van der Waals surface area (Å²) in [4.78, 5) is 34.8. The normalized spacial score (nSPS) is 23.0. The van der Waals surface area contributed by atoms with Crippen LogP contribution in [-0.2, 0) is 4.79 Å². The lowest BCUT2D eigenvalue weighted by Gasteiger charge is -2.37. The van der Waals surface area contributed by atoms with Crippen molar-refractivity contribution in [1.29, 1.82) is 0 Å². The Kier molecular flexibility index (Phi) is 6.98. The van der Waals surface area contributed by atoms with Gasteiger partial charge in [0.25, 0.3) is 11.8 Å². The lowest BCUT2D eigenvalue weighted by molar-refractivity contribution is -0.135. The highest BCUT2D eigenvalue weighted by Crippen LogP contribution is 2.29. The third-order valence-electron chi connectivity index (χ3n) is 7.08. The molecule has 3 aliphatic rings. The van der Waals surface area contributed by atoms with E-state index in [-0.39, 0.29) is 46.6 Å². The van der Waals surface area contributed by atoms with E-state index in [0.29, 0.717) is 51.9 Å². The van der Waals surface area contributed by atoms with Crippen molar-refractivity contribution in [2.75, 3.05) is 37.6 Å². The number of likely N-dealkylation sites (tertiary alicyclic amines) is 2.